The molecule has 2 amide bonds. The van der Waals surface area contributed by atoms with Crippen LogP contribution in [0.1, 0.15) is 49.2 Å². The largest absolute Gasteiger partial charge is 0.491 e. The van der Waals surface area contributed by atoms with Crippen molar-refractivity contribution in [3.05, 3.63) is 53.9 Å². The first kappa shape index (κ1) is 26.1. The maximum absolute atomic E-state index is 13.4. The van der Waals surface area contributed by atoms with Crippen molar-refractivity contribution in [3.8, 4) is 5.75 Å². The van der Waals surface area contributed by atoms with Gasteiger partial charge in [0.15, 0.2) is 0 Å². The SMILES string of the molecule is CO[C@@H]1CN(C)C(=O)c2ccc(NC(=O)C3CCC3)cc2OC[C@@H](C)N(Cc2ccccn2)C[C@@H]1C. The van der Waals surface area contributed by atoms with Crippen LogP contribution in [0.15, 0.2) is 42.6 Å². The van der Waals surface area contributed by atoms with Crippen LogP contribution in [0.5, 0.6) is 5.75 Å². The number of carbonyl (C=O) groups excluding carboxylic acids is 2. The Morgan fingerprint density at radius 1 is 1.19 bits per heavy atom. The first-order valence-corrected chi connectivity index (χ1v) is 12.9. The highest BCUT2D eigenvalue weighted by molar-refractivity contribution is 5.99. The summed E-state index contributed by atoms with van der Waals surface area (Å²) in [4.78, 5) is 34.4. The molecule has 2 aliphatic rings. The molecule has 1 saturated carbocycles. The number of amides is 2. The number of hydrogen-bond donors (Lipinski definition) is 1. The van der Waals surface area contributed by atoms with Crippen LogP contribution in [-0.2, 0) is 16.1 Å². The second-order valence-electron chi connectivity index (χ2n) is 10.2. The van der Waals surface area contributed by atoms with E-state index >= 15 is 0 Å². The summed E-state index contributed by atoms with van der Waals surface area (Å²) < 4.78 is 12.1. The number of benzene rings is 1. The molecular weight excluding hydrogens is 456 g/mol. The minimum absolute atomic E-state index is 0.0321. The van der Waals surface area contributed by atoms with Crippen molar-refractivity contribution in [2.45, 2.75) is 51.8 Å². The van der Waals surface area contributed by atoms with Crippen LogP contribution >= 0.6 is 0 Å². The van der Waals surface area contributed by atoms with Crippen molar-refractivity contribution in [2.24, 2.45) is 11.8 Å². The molecule has 0 unspecified atom stereocenters. The number of methoxy groups -OCH3 is 1. The summed E-state index contributed by atoms with van der Waals surface area (Å²) in [7, 11) is 3.49. The van der Waals surface area contributed by atoms with Gasteiger partial charge < -0.3 is 19.7 Å². The average molecular weight is 495 g/mol. The van der Waals surface area contributed by atoms with Crippen molar-refractivity contribution in [1.82, 2.24) is 14.8 Å². The third-order valence-electron chi connectivity index (χ3n) is 7.41. The smallest absolute Gasteiger partial charge is 0.257 e. The molecule has 8 heteroatoms. The lowest BCUT2D eigenvalue weighted by Gasteiger charge is -2.36. The number of ether oxygens (including phenoxy) is 2. The summed E-state index contributed by atoms with van der Waals surface area (Å²) in [5.41, 5.74) is 2.12. The van der Waals surface area contributed by atoms with E-state index in [4.69, 9.17) is 9.47 Å². The molecule has 194 valence electrons. The lowest BCUT2D eigenvalue weighted by Crippen LogP contribution is -2.46. The van der Waals surface area contributed by atoms with Gasteiger partial charge in [-0.15, -0.1) is 0 Å². The molecular formula is C28H38N4O4. The number of carbonyl (C=O) groups is 2. The van der Waals surface area contributed by atoms with Gasteiger partial charge in [0.25, 0.3) is 5.91 Å². The Kier molecular flexibility index (Phi) is 8.59. The molecule has 8 nitrogen and oxygen atoms in total. The summed E-state index contributed by atoms with van der Waals surface area (Å²) in [5.74, 6) is 0.636. The lowest BCUT2D eigenvalue weighted by atomic mass is 9.85. The van der Waals surface area contributed by atoms with Crippen LogP contribution in [-0.4, -0.2) is 72.6 Å². The standard InChI is InChI=1S/C28H38N4O4/c1-19-15-32(16-23-10-5-6-13-29-23)20(2)18-36-25-14-22(30-27(33)21-8-7-9-21)11-12-24(25)28(34)31(3)17-26(19)35-4/h5-6,10-14,19-21,26H,7-9,15-18H2,1-4H3,(H,30,33)/t19-,20+,26+/m0/s1. The predicted molar refractivity (Wildman–Crippen MR) is 139 cm³/mol. The Hall–Kier alpha value is -2.97. The third-order valence-corrected chi connectivity index (χ3v) is 7.41. The minimum atomic E-state index is -0.130. The number of fused-ring (bicyclic) bond motifs is 1. The van der Waals surface area contributed by atoms with Crippen LogP contribution in [0, 0.1) is 11.8 Å². The van der Waals surface area contributed by atoms with Gasteiger partial charge in [0.2, 0.25) is 5.91 Å². The monoisotopic (exact) mass is 494 g/mol. The van der Waals surface area contributed by atoms with E-state index in [1.807, 2.05) is 24.4 Å². The maximum Gasteiger partial charge on any atom is 0.257 e. The number of nitrogens with one attached hydrogen (secondary N) is 1. The first-order valence-electron chi connectivity index (χ1n) is 12.9. The molecule has 3 atom stereocenters. The van der Waals surface area contributed by atoms with Crippen molar-refractivity contribution in [3.63, 3.8) is 0 Å². The molecule has 2 heterocycles. The van der Waals surface area contributed by atoms with E-state index in [9.17, 15) is 9.59 Å². The number of hydrogen-bond acceptors (Lipinski definition) is 6. The molecule has 1 aliphatic carbocycles. The van der Waals surface area contributed by atoms with E-state index in [2.05, 4.69) is 29.0 Å². The third kappa shape index (κ3) is 6.23. The van der Waals surface area contributed by atoms with E-state index < -0.39 is 0 Å². The molecule has 36 heavy (non-hydrogen) atoms. The molecule has 4 rings (SSSR count). The molecule has 1 N–H and O–H groups in total. The molecule has 0 bridgehead atoms. The summed E-state index contributed by atoms with van der Waals surface area (Å²) in [6, 6.07) is 11.3. The number of nitrogens with zero attached hydrogens (tertiary/aromatic N) is 3. The molecule has 1 aliphatic heterocycles. The van der Waals surface area contributed by atoms with Gasteiger partial charge in [-0.25, -0.2) is 0 Å². The summed E-state index contributed by atoms with van der Waals surface area (Å²) in [5, 5.41) is 3.00. The van der Waals surface area contributed by atoms with Crippen LogP contribution < -0.4 is 10.1 Å². The Morgan fingerprint density at radius 2 is 2.00 bits per heavy atom. The van der Waals surface area contributed by atoms with Gasteiger partial charge in [-0.05, 0) is 49.9 Å². The molecule has 0 radical (unpaired) electrons. The molecule has 1 fully saturated rings. The van der Waals surface area contributed by atoms with E-state index in [1.54, 1.807) is 37.3 Å². The van der Waals surface area contributed by atoms with Crippen LogP contribution in [0.25, 0.3) is 0 Å². The van der Waals surface area contributed by atoms with Crippen LogP contribution in [0.3, 0.4) is 0 Å². The first-order chi connectivity index (χ1) is 17.4. The quantitative estimate of drug-likeness (QED) is 0.680. The zero-order valence-electron chi connectivity index (χ0n) is 21.8. The summed E-state index contributed by atoms with van der Waals surface area (Å²) >= 11 is 0. The number of likely N-dealkylation sites (N-methyl/N-ethyl adjacent to an activating group) is 1. The Labute approximate surface area is 214 Å². The fourth-order valence-electron chi connectivity index (χ4n) is 4.76. The normalized spacial score (nSPS) is 24.1. The predicted octanol–water partition coefficient (Wildman–Crippen LogP) is 3.83. The van der Waals surface area contributed by atoms with Gasteiger partial charge in [-0.2, -0.15) is 0 Å². The number of aromatic nitrogens is 1. The van der Waals surface area contributed by atoms with Crippen LogP contribution in [0.4, 0.5) is 5.69 Å². The highest BCUT2D eigenvalue weighted by atomic mass is 16.5. The van der Waals surface area contributed by atoms with Crippen molar-refractivity contribution >= 4 is 17.5 Å². The Balaban J connectivity index is 1.61. The van der Waals surface area contributed by atoms with Gasteiger partial charge in [0, 0.05) is 63.7 Å². The van der Waals surface area contributed by atoms with Gasteiger partial charge in [-0.1, -0.05) is 19.4 Å². The second-order valence-corrected chi connectivity index (χ2v) is 10.2. The second kappa shape index (κ2) is 11.8. The molecule has 1 aromatic carbocycles. The zero-order chi connectivity index (χ0) is 25.7. The fraction of sp³-hybridized carbons (Fsp3) is 0.536. The summed E-state index contributed by atoms with van der Waals surface area (Å²) in [6.45, 7) is 6.59. The van der Waals surface area contributed by atoms with Gasteiger partial charge in [0.05, 0.1) is 17.4 Å². The summed E-state index contributed by atoms with van der Waals surface area (Å²) in [6.07, 6.45) is 4.64. The molecule has 2 aromatic rings. The van der Waals surface area contributed by atoms with Crippen LogP contribution in [0.2, 0.25) is 0 Å². The van der Waals surface area contributed by atoms with Crippen molar-refractivity contribution in [2.75, 3.05) is 39.2 Å². The molecule has 1 aromatic heterocycles. The highest BCUT2D eigenvalue weighted by Crippen LogP contribution is 2.30. The number of pyridine rings is 1. The fourth-order valence-corrected chi connectivity index (χ4v) is 4.76. The van der Waals surface area contributed by atoms with E-state index in [0.717, 1.165) is 31.5 Å². The Bertz CT molecular complexity index is 1040. The average Bonchev–Trinajstić information content (AvgIpc) is 2.83. The molecule has 0 spiro atoms. The minimum Gasteiger partial charge on any atom is -0.491 e. The topological polar surface area (TPSA) is 84.0 Å². The van der Waals surface area contributed by atoms with Gasteiger partial charge >= 0.3 is 0 Å². The number of anilines is 1. The van der Waals surface area contributed by atoms with Crippen molar-refractivity contribution in [1.29, 1.82) is 0 Å². The van der Waals surface area contributed by atoms with Gasteiger partial charge in [-0.3, -0.25) is 19.5 Å². The van der Waals surface area contributed by atoms with Crippen molar-refractivity contribution < 1.29 is 19.1 Å². The number of rotatable bonds is 5. The van der Waals surface area contributed by atoms with Gasteiger partial charge in [0.1, 0.15) is 12.4 Å². The maximum atomic E-state index is 13.4. The van der Waals surface area contributed by atoms with E-state index in [0.29, 0.717) is 36.7 Å². The highest BCUT2D eigenvalue weighted by Gasteiger charge is 2.29. The molecule has 0 saturated heterocycles. The van der Waals surface area contributed by atoms with E-state index in [-0.39, 0.29) is 35.8 Å². The lowest BCUT2D eigenvalue weighted by molar-refractivity contribution is -0.122. The zero-order valence-corrected chi connectivity index (χ0v) is 21.8. The van der Waals surface area contributed by atoms with E-state index in [1.165, 1.54) is 0 Å². The Morgan fingerprint density at radius 3 is 2.67 bits per heavy atom.